The van der Waals surface area contributed by atoms with Gasteiger partial charge in [-0.3, -0.25) is 10.1 Å². The van der Waals surface area contributed by atoms with Crippen LogP contribution in [-0.2, 0) is 11.3 Å². The normalized spacial score (nSPS) is 15.4. The van der Waals surface area contributed by atoms with E-state index in [1.165, 1.54) is 0 Å². The first-order chi connectivity index (χ1) is 12.1. The molecule has 1 unspecified atom stereocenters. The van der Waals surface area contributed by atoms with Crippen molar-refractivity contribution in [3.8, 4) is 5.75 Å². The number of likely N-dealkylation sites (N-methyl/N-ethyl adjacent to an activating group) is 1. The third-order valence-electron chi connectivity index (χ3n) is 4.20. The molecule has 0 aromatic heterocycles. The third-order valence-corrected chi connectivity index (χ3v) is 4.20. The maximum atomic E-state index is 12.0. The van der Waals surface area contributed by atoms with E-state index in [-0.39, 0.29) is 24.5 Å². The number of quaternary nitrogens is 1. The van der Waals surface area contributed by atoms with Gasteiger partial charge in [-0.25, -0.2) is 4.79 Å². The van der Waals surface area contributed by atoms with Gasteiger partial charge in [0, 0.05) is 11.6 Å². The van der Waals surface area contributed by atoms with Gasteiger partial charge in [0.1, 0.15) is 18.9 Å². The second kappa shape index (κ2) is 9.84. The summed E-state index contributed by atoms with van der Waals surface area (Å²) < 4.78 is 5.44. The van der Waals surface area contributed by atoms with Crippen LogP contribution in [-0.4, -0.2) is 38.2 Å². The molecule has 6 heteroatoms. The van der Waals surface area contributed by atoms with Gasteiger partial charge >= 0.3 is 6.03 Å². The lowest BCUT2D eigenvalue weighted by Crippen LogP contribution is -3.09. The molecule has 1 aliphatic rings. The van der Waals surface area contributed by atoms with Crippen LogP contribution in [0, 0.1) is 0 Å². The van der Waals surface area contributed by atoms with Gasteiger partial charge in [0.2, 0.25) is 0 Å². The maximum absolute atomic E-state index is 12.0. The zero-order valence-electron chi connectivity index (χ0n) is 14.8. The summed E-state index contributed by atoms with van der Waals surface area (Å²) in [7, 11) is 1.93. The molecule has 1 aromatic carbocycles. The lowest BCUT2D eigenvalue weighted by molar-refractivity contribution is -0.885. The minimum atomic E-state index is -0.381. The van der Waals surface area contributed by atoms with Gasteiger partial charge in [-0.15, -0.1) is 0 Å². The molecule has 3 N–H and O–H groups in total. The summed E-state index contributed by atoms with van der Waals surface area (Å²) in [5.74, 6) is 0.529. The summed E-state index contributed by atoms with van der Waals surface area (Å²) in [5, 5.41) is 5.27. The smallest absolute Gasteiger partial charge is 0.321 e. The molecule has 3 amide bonds. The monoisotopic (exact) mass is 346 g/mol. The van der Waals surface area contributed by atoms with E-state index in [1.807, 2.05) is 31.3 Å². The third kappa shape index (κ3) is 6.97. The van der Waals surface area contributed by atoms with Crippen molar-refractivity contribution < 1.29 is 19.2 Å². The lowest BCUT2D eigenvalue weighted by atomic mass is 10.2. The number of carbonyl (C=O) groups excluding carboxylic acids is 2. The van der Waals surface area contributed by atoms with Crippen LogP contribution in [0.25, 0.3) is 0 Å². The Hall–Kier alpha value is -2.34. The molecule has 0 spiro atoms. The van der Waals surface area contributed by atoms with Gasteiger partial charge in [-0.05, 0) is 37.1 Å². The van der Waals surface area contributed by atoms with Gasteiger partial charge in [-0.2, -0.15) is 0 Å². The quantitative estimate of drug-likeness (QED) is 0.616. The van der Waals surface area contributed by atoms with Gasteiger partial charge in [0.05, 0.1) is 7.05 Å². The van der Waals surface area contributed by atoms with Crippen LogP contribution in [0.1, 0.15) is 31.2 Å². The number of imide groups is 1. The highest BCUT2D eigenvalue weighted by atomic mass is 16.5. The fourth-order valence-corrected chi connectivity index (χ4v) is 3.01. The van der Waals surface area contributed by atoms with Crippen LogP contribution in [0.3, 0.4) is 0 Å². The first-order valence-electron chi connectivity index (χ1n) is 8.81. The summed E-state index contributed by atoms with van der Waals surface area (Å²) in [6.07, 6.45) is 5.98. The molecule has 1 atom stereocenters. The Morgan fingerprint density at radius 2 is 1.96 bits per heavy atom. The molecule has 25 heavy (non-hydrogen) atoms. The van der Waals surface area contributed by atoms with E-state index in [9.17, 15) is 9.59 Å². The Morgan fingerprint density at radius 3 is 2.60 bits per heavy atom. The standard InChI is InChI=1S/C19H27N3O3/c1-3-12-25-17-10-8-15(9-11-17)13-22(2)14-18(23)21-19(24)20-16-6-4-5-7-16/h3,8-11,16H,1,4-7,12-14H2,2H3,(H2,20,21,23,24)/p+1. The summed E-state index contributed by atoms with van der Waals surface area (Å²) in [4.78, 5) is 24.8. The molecule has 0 radical (unpaired) electrons. The van der Waals surface area contributed by atoms with E-state index in [0.29, 0.717) is 13.2 Å². The Labute approximate surface area is 149 Å². The molecule has 136 valence electrons. The van der Waals surface area contributed by atoms with E-state index in [0.717, 1.165) is 41.9 Å². The van der Waals surface area contributed by atoms with Crippen molar-refractivity contribution in [1.82, 2.24) is 10.6 Å². The number of hydrogen-bond donors (Lipinski definition) is 3. The zero-order valence-corrected chi connectivity index (χ0v) is 14.8. The first-order valence-corrected chi connectivity index (χ1v) is 8.81. The molecule has 1 fully saturated rings. The van der Waals surface area contributed by atoms with Gasteiger partial charge in [-0.1, -0.05) is 25.5 Å². The van der Waals surface area contributed by atoms with Crippen molar-refractivity contribution in [2.24, 2.45) is 0 Å². The lowest BCUT2D eigenvalue weighted by Gasteiger charge is -2.15. The average molecular weight is 346 g/mol. The first kappa shape index (κ1) is 19.0. The van der Waals surface area contributed by atoms with Crippen molar-refractivity contribution in [3.05, 3.63) is 42.5 Å². The predicted octanol–water partition coefficient (Wildman–Crippen LogP) is 1.03. The second-order valence-electron chi connectivity index (χ2n) is 6.56. The summed E-state index contributed by atoms with van der Waals surface area (Å²) in [6, 6.07) is 7.59. The van der Waals surface area contributed by atoms with E-state index >= 15 is 0 Å². The number of amides is 3. The topological polar surface area (TPSA) is 71.9 Å². The van der Waals surface area contributed by atoms with Crippen LogP contribution in [0.2, 0.25) is 0 Å². The zero-order chi connectivity index (χ0) is 18.1. The summed E-state index contributed by atoms with van der Waals surface area (Å²) in [6.45, 7) is 5.03. The second-order valence-corrected chi connectivity index (χ2v) is 6.56. The minimum Gasteiger partial charge on any atom is -0.490 e. The number of ether oxygens (including phenoxy) is 1. The molecule has 1 aliphatic carbocycles. The molecule has 1 saturated carbocycles. The molecule has 0 saturated heterocycles. The van der Waals surface area contributed by atoms with Gasteiger partial charge < -0.3 is 15.0 Å². The van der Waals surface area contributed by atoms with E-state index in [4.69, 9.17) is 4.74 Å². The number of urea groups is 1. The van der Waals surface area contributed by atoms with Crippen LogP contribution in [0.5, 0.6) is 5.75 Å². The molecule has 6 nitrogen and oxygen atoms in total. The molecule has 0 aliphatic heterocycles. The SMILES string of the molecule is C=CCOc1ccc(C[NH+](C)CC(=O)NC(=O)NC2CCCC2)cc1. The number of nitrogens with one attached hydrogen (secondary N) is 3. The van der Waals surface area contributed by atoms with Crippen molar-refractivity contribution in [2.45, 2.75) is 38.3 Å². The number of benzene rings is 1. The molecule has 1 aromatic rings. The predicted molar refractivity (Wildman–Crippen MR) is 96.5 cm³/mol. The highest BCUT2D eigenvalue weighted by molar-refractivity contribution is 5.94. The highest BCUT2D eigenvalue weighted by Crippen LogP contribution is 2.17. The van der Waals surface area contributed by atoms with E-state index in [1.54, 1.807) is 6.08 Å². The fraction of sp³-hybridized carbons (Fsp3) is 0.474. The van der Waals surface area contributed by atoms with E-state index < -0.39 is 0 Å². The Balaban J connectivity index is 1.71. The van der Waals surface area contributed by atoms with Crippen LogP contribution >= 0.6 is 0 Å². The maximum Gasteiger partial charge on any atom is 0.321 e. The van der Waals surface area contributed by atoms with Gasteiger partial charge in [0.25, 0.3) is 5.91 Å². The molecular formula is C19H28N3O3+. The average Bonchev–Trinajstić information content (AvgIpc) is 3.06. The fourth-order valence-electron chi connectivity index (χ4n) is 3.01. The minimum absolute atomic E-state index is 0.208. The van der Waals surface area contributed by atoms with Crippen molar-refractivity contribution in [1.29, 1.82) is 0 Å². The van der Waals surface area contributed by atoms with Crippen LogP contribution in [0.4, 0.5) is 4.79 Å². The number of carbonyl (C=O) groups is 2. The highest BCUT2D eigenvalue weighted by Gasteiger charge is 2.19. The van der Waals surface area contributed by atoms with Crippen molar-refractivity contribution in [3.63, 3.8) is 0 Å². The van der Waals surface area contributed by atoms with Crippen LogP contribution < -0.4 is 20.3 Å². The Kier molecular flexibility index (Phi) is 7.47. The van der Waals surface area contributed by atoms with E-state index in [2.05, 4.69) is 17.2 Å². The molecule has 2 rings (SSSR count). The summed E-state index contributed by atoms with van der Waals surface area (Å²) >= 11 is 0. The molecule has 0 bridgehead atoms. The number of hydrogen-bond acceptors (Lipinski definition) is 3. The van der Waals surface area contributed by atoms with Crippen molar-refractivity contribution >= 4 is 11.9 Å². The van der Waals surface area contributed by atoms with Crippen LogP contribution in [0.15, 0.2) is 36.9 Å². The Bertz CT molecular complexity index is 580. The summed E-state index contributed by atoms with van der Waals surface area (Å²) in [5.41, 5.74) is 1.10. The molecular weight excluding hydrogens is 318 g/mol. The number of rotatable bonds is 8. The Morgan fingerprint density at radius 1 is 1.28 bits per heavy atom. The van der Waals surface area contributed by atoms with Crippen molar-refractivity contribution in [2.75, 3.05) is 20.2 Å². The molecule has 0 heterocycles. The van der Waals surface area contributed by atoms with Gasteiger partial charge in [0.15, 0.2) is 6.54 Å². The largest absolute Gasteiger partial charge is 0.490 e.